The van der Waals surface area contributed by atoms with Gasteiger partial charge in [0, 0.05) is 42.3 Å². The molecule has 4 amide bonds. The molecule has 2 saturated heterocycles. The van der Waals surface area contributed by atoms with E-state index in [1.54, 1.807) is 19.1 Å². The molecule has 194 valence electrons. The number of rotatable bonds is 7. The highest BCUT2D eigenvalue weighted by Gasteiger charge is 2.39. The van der Waals surface area contributed by atoms with Crippen LogP contribution in [0.25, 0.3) is 10.9 Å². The average molecular weight is 524 g/mol. The molecule has 3 N–H and O–H groups in total. The molecule has 0 unspecified atom stereocenters. The highest BCUT2D eigenvalue weighted by molar-refractivity contribution is 7.89. The van der Waals surface area contributed by atoms with Crippen molar-refractivity contribution in [1.29, 1.82) is 0 Å². The number of aromatic nitrogens is 1. The number of urea groups is 1. The van der Waals surface area contributed by atoms with Crippen molar-refractivity contribution in [2.45, 2.75) is 43.5 Å². The summed E-state index contributed by atoms with van der Waals surface area (Å²) in [5, 5.41) is 6.26. The number of carbonyl (C=O) groups is 3. The smallest absolute Gasteiger partial charge is 0.325 e. The number of hydrogen-bond donors (Lipinski definition) is 3. The minimum atomic E-state index is -3.69. The first-order valence-corrected chi connectivity index (χ1v) is 13.8. The van der Waals surface area contributed by atoms with Crippen LogP contribution >= 0.6 is 0 Å². The number of aromatic amines is 1. The molecule has 11 heteroatoms. The molecular weight excluding hydrogens is 494 g/mol. The molecule has 2 aliphatic rings. The first-order valence-electron chi connectivity index (χ1n) is 12.3. The number of hydrogen-bond acceptors (Lipinski definition) is 5. The Balaban J connectivity index is 1.25. The maximum Gasteiger partial charge on any atom is 0.325 e. The number of sulfonamides is 1. The fourth-order valence-electron chi connectivity index (χ4n) is 4.93. The summed E-state index contributed by atoms with van der Waals surface area (Å²) in [4.78, 5) is 42.4. The molecule has 0 spiro atoms. The Labute approximate surface area is 215 Å². The van der Waals surface area contributed by atoms with Crippen LogP contribution in [0.15, 0.2) is 53.6 Å². The van der Waals surface area contributed by atoms with Gasteiger partial charge >= 0.3 is 6.03 Å². The van der Waals surface area contributed by atoms with Gasteiger partial charge in [-0.2, -0.15) is 4.31 Å². The zero-order valence-corrected chi connectivity index (χ0v) is 21.3. The van der Waals surface area contributed by atoms with E-state index >= 15 is 0 Å². The molecule has 0 bridgehead atoms. The van der Waals surface area contributed by atoms with Gasteiger partial charge in [0.1, 0.15) is 12.6 Å². The molecule has 5 rings (SSSR count). The maximum atomic E-state index is 13.2. The summed E-state index contributed by atoms with van der Waals surface area (Å²) in [6.45, 7) is 2.19. The van der Waals surface area contributed by atoms with E-state index in [2.05, 4.69) is 15.6 Å². The number of carbonyl (C=O) groups excluding carboxylic acids is 3. The molecule has 3 aromatic rings. The third kappa shape index (κ3) is 4.96. The van der Waals surface area contributed by atoms with Crippen LogP contribution in [-0.2, 0) is 26.0 Å². The predicted molar refractivity (Wildman–Crippen MR) is 138 cm³/mol. The van der Waals surface area contributed by atoms with Crippen molar-refractivity contribution in [2.75, 3.05) is 25.0 Å². The number of benzene rings is 2. The van der Waals surface area contributed by atoms with Gasteiger partial charge in [0.05, 0.1) is 4.90 Å². The largest absolute Gasteiger partial charge is 0.361 e. The van der Waals surface area contributed by atoms with Crippen LogP contribution in [0, 0.1) is 6.92 Å². The normalized spacial score (nSPS) is 18.8. The minimum Gasteiger partial charge on any atom is -0.361 e. The lowest BCUT2D eigenvalue weighted by Crippen LogP contribution is -2.38. The van der Waals surface area contributed by atoms with Crippen molar-refractivity contribution in [3.8, 4) is 0 Å². The highest BCUT2D eigenvalue weighted by atomic mass is 32.2. The third-order valence-corrected chi connectivity index (χ3v) is 8.95. The van der Waals surface area contributed by atoms with Crippen LogP contribution in [-0.4, -0.2) is 66.1 Å². The third-order valence-electron chi connectivity index (χ3n) is 6.91. The molecule has 1 atom stereocenters. The van der Waals surface area contributed by atoms with E-state index in [-0.39, 0.29) is 10.6 Å². The standard InChI is InChI=1S/C26H29N5O5S/c1-17-9-10-19(14-23(17)37(35,36)30-11-5-2-6-12-30)28-24(32)16-31-25(33)22(29-26(31)34)13-18-15-27-21-8-4-3-7-20(18)21/h3-4,7-10,14-15,22,27H,2,5-6,11-13,16H2,1H3,(H,28,32)(H,29,34)/t22-/m1/s1. The van der Waals surface area contributed by atoms with E-state index < -0.39 is 40.5 Å². The van der Waals surface area contributed by atoms with E-state index in [0.29, 0.717) is 25.1 Å². The zero-order valence-electron chi connectivity index (χ0n) is 20.5. The summed E-state index contributed by atoms with van der Waals surface area (Å²) in [5.74, 6) is -1.08. The molecular formula is C26H29N5O5S. The number of anilines is 1. The lowest BCUT2D eigenvalue weighted by Gasteiger charge is -2.26. The summed E-state index contributed by atoms with van der Waals surface area (Å²) in [6.07, 6.45) is 4.76. The van der Waals surface area contributed by atoms with Crippen molar-refractivity contribution >= 4 is 44.5 Å². The Hall–Kier alpha value is -3.70. The number of fused-ring (bicyclic) bond motifs is 1. The molecule has 1 aromatic heterocycles. The Kier molecular flexibility index (Phi) is 6.74. The van der Waals surface area contributed by atoms with Crippen molar-refractivity contribution < 1.29 is 22.8 Å². The molecule has 2 fully saturated rings. The van der Waals surface area contributed by atoms with Crippen LogP contribution in [0.4, 0.5) is 10.5 Å². The zero-order chi connectivity index (χ0) is 26.2. The summed E-state index contributed by atoms with van der Waals surface area (Å²) < 4.78 is 27.8. The van der Waals surface area contributed by atoms with Crippen LogP contribution in [0.2, 0.25) is 0 Å². The van der Waals surface area contributed by atoms with Gasteiger partial charge in [0.25, 0.3) is 5.91 Å². The Morgan fingerprint density at radius 2 is 1.84 bits per heavy atom. The fraction of sp³-hybridized carbons (Fsp3) is 0.346. The number of imide groups is 1. The summed E-state index contributed by atoms with van der Waals surface area (Å²) >= 11 is 0. The van der Waals surface area contributed by atoms with Gasteiger partial charge < -0.3 is 15.6 Å². The summed E-state index contributed by atoms with van der Waals surface area (Å²) in [7, 11) is -3.69. The van der Waals surface area contributed by atoms with Crippen LogP contribution in [0.1, 0.15) is 30.4 Å². The first kappa shape index (κ1) is 25.0. The second-order valence-corrected chi connectivity index (χ2v) is 11.4. The van der Waals surface area contributed by atoms with Gasteiger partial charge in [-0.05, 0) is 49.1 Å². The van der Waals surface area contributed by atoms with Gasteiger partial charge in [-0.25, -0.2) is 13.2 Å². The van der Waals surface area contributed by atoms with E-state index in [1.807, 2.05) is 30.5 Å². The van der Waals surface area contributed by atoms with Crippen molar-refractivity contribution in [3.05, 3.63) is 59.8 Å². The summed E-state index contributed by atoms with van der Waals surface area (Å²) in [6, 6.07) is 10.9. The van der Waals surface area contributed by atoms with E-state index in [0.717, 1.165) is 40.6 Å². The second kappa shape index (κ2) is 9.98. The van der Waals surface area contributed by atoms with E-state index in [9.17, 15) is 22.8 Å². The Morgan fingerprint density at radius 3 is 2.62 bits per heavy atom. The lowest BCUT2D eigenvalue weighted by atomic mass is 10.1. The van der Waals surface area contributed by atoms with E-state index in [1.165, 1.54) is 10.4 Å². The number of amides is 4. The molecule has 3 heterocycles. The van der Waals surface area contributed by atoms with Crippen LogP contribution in [0.5, 0.6) is 0 Å². The number of nitrogens with zero attached hydrogens (tertiary/aromatic N) is 2. The predicted octanol–water partition coefficient (Wildman–Crippen LogP) is 2.75. The quantitative estimate of drug-likeness (QED) is 0.410. The molecule has 0 saturated carbocycles. The van der Waals surface area contributed by atoms with Gasteiger partial charge in [-0.15, -0.1) is 0 Å². The molecule has 2 aromatic carbocycles. The SMILES string of the molecule is Cc1ccc(NC(=O)CN2C(=O)N[C@H](Cc3c[nH]c4ccccc34)C2=O)cc1S(=O)(=O)N1CCCCC1. The van der Waals surface area contributed by atoms with Crippen LogP contribution in [0.3, 0.4) is 0 Å². The fourth-order valence-corrected chi connectivity index (χ4v) is 6.70. The minimum absolute atomic E-state index is 0.140. The highest BCUT2D eigenvalue weighted by Crippen LogP contribution is 2.26. The molecule has 0 radical (unpaired) electrons. The van der Waals surface area contributed by atoms with Crippen molar-refractivity contribution in [1.82, 2.24) is 19.5 Å². The molecule has 0 aliphatic carbocycles. The number of piperidine rings is 1. The number of aryl methyl sites for hydroxylation is 1. The van der Waals surface area contributed by atoms with Gasteiger partial charge in [0.2, 0.25) is 15.9 Å². The monoisotopic (exact) mass is 523 g/mol. The lowest BCUT2D eigenvalue weighted by molar-refractivity contribution is -0.130. The average Bonchev–Trinajstić information content (AvgIpc) is 3.41. The van der Waals surface area contributed by atoms with Crippen molar-refractivity contribution in [2.24, 2.45) is 0 Å². The van der Waals surface area contributed by atoms with E-state index in [4.69, 9.17) is 0 Å². The number of H-pyrrole nitrogens is 1. The number of nitrogens with one attached hydrogen (secondary N) is 3. The van der Waals surface area contributed by atoms with Gasteiger partial charge in [-0.3, -0.25) is 14.5 Å². The topological polar surface area (TPSA) is 132 Å². The Morgan fingerprint density at radius 1 is 1.08 bits per heavy atom. The maximum absolute atomic E-state index is 13.2. The second-order valence-electron chi connectivity index (χ2n) is 9.48. The molecule has 2 aliphatic heterocycles. The summed E-state index contributed by atoms with van der Waals surface area (Å²) in [5.41, 5.74) is 2.69. The first-order chi connectivity index (χ1) is 17.7. The van der Waals surface area contributed by atoms with Crippen molar-refractivity contribution in [3.63, 3.8) is 0 Å². The molecule has 10 nitrogen and oxygen atoms in total. The molecule has 37 heavy (non-hydrogen) atoms. The van der Waals surface area contributed by atoms with Gasteiger partial charge in [0.15, 0.2) is 0 Å². The van der Waals surface area contributed by atoms with Gasteiger partial charge in [-0.1, -0.05) is 30.7 Å². The Bertz CT molecular complexity index is 1480. The number of para-hydroxylation sites is 1. The van der Waals surface area contributed by atoms with Crippen LogP contribution < -0.4 is 10.6 Å².